The topological polar surface area (TPSA) is 64.7 Å². The number of hydrogen-bond donors (Lipinski definition) is 1. The fourth-order valence-electron chi connectivity index (χ4n) is 4.14. The van der Waals surface area contributed by atoms with E-state index in [1.165, 1.54) is 17.9 Å². The van der Waals surface area contributed by atoms with Gasteiger partial charge in [-0.15, -0.1) is 5.10 Å². The van der Waals surface area contributed by atoms with Gasteiger partial charge in [0.05, 0.1) is 11.7 Å². The molecule has 26 heavy (non-hydrogen) atoms. The van der Waals surface area contributed by atoms with Gasteiger partial charge in [0.1, 0.15) is 0 Å². The Morgan fingerprint density at radius 2 is 1.88 bits per heavy atom. The number of rotatable bonds is 4. The van der Waals surface area contributed by atoms with E-state index in [-0.39, 0.29) is 11.6 Å². The van der Waals surface area contributed by atoms with Crippen molar-refractivity contribution in [3.63, 3.8) is 0 Å². The Labute approximate surface area is 158 Å². The van der Waals surface area contributed by atoms with Gasteiger partial charge in [0.25, 0.3) is 5.56 Å². The number of aryl methyl sites for hydroxylation is 2. The van der Waals surface area contributed by atoms with Crippen LogP contribution in [0.2, 0.25) is 0 Å². The third-order valence-electron chi connectivity index (χ3n) is 5.48. The Morgan fingerprint density at radius 3 is 2.54 bits per heavy atom. The van der Waals surface area contributed by atoms with Crippen LogP contribution in [0.5, 0.6) is 0 Å². The summed E-state index contributed by atoms with van der Waals surface area (Å²) in [5, 5.41) is 13.0. The first-order valence-electron chi connectivity index (χ1n) is 9.57. The molecule has 0 radical (unpaired) electrons. The summed E-state index contributed by atoms with van der Waals surface area (Å²) in [4.78, 5) is 12.4. The lowest BCUT2D eigenvalue weighted by atomic mass is 9.90. The Bertz CT molecular complexity index is 816. The second-order valence-electron chi connectivity index (χ2n) is 7.55. The summed E-state index contributed by atoms with van der Waals surface area (Å²) >= 11 is 2.05. The highest BCUT2D eigenvalue weighted by atomic mass is 32.2. The molecule has 7 heteroatoms. The van der Waals surface area contributed by atoms with Gasteiger partial charge in [0.2, 0.25) is 0 Å². The summed E-state index contributed by atoms with van der Waals surface area (Å²) in [7, 11) is 0. The molecule has 0 amide bonds. The molecule has 1 N–H and O–H groups in total. The van der Waals surface area contributed by atoms with Crippen molar-refractivity contribution in [2.45, 2.75) is 64.1 Å². The van der Waals surface area contributed by atoms with E-state index in [1.54, 1.807) is 16.8 Å². The van der Waals surface area contributed by atoms with Gasteiger partial charge in [-0.2, -0.15) is 16.9 Å². The van der Waals surface area contributed by atoms with Crippen LogP contribution in [0.4, 0.5) is 0 Å². The van der Waals surface area contributed by atoms with Crippen LogP contribution in [0, 0.1) is 13.8 Å². The standard InChI is InChI=1S/C19H27N5OS/c1-13-11-14(2)23(21-13)18-7-8-19(25)24(22-18)17-5-3-15(4-6-17)20-16-9-10-26-12-16/h7-8,11,15-17,20H,3-6,9-10,12H2,1-2H3. The minimum atomic E-state index is -0.0149. The zero-order valence-corrected chi connectivity index (χ0v) is 16.3. The Morgan fingerprint density at radius 1 is 1.08 bits per heavy atom. The highest BCUT2D eigenvalue weighted by molar-refractivity contribution is 7.99. The van der Waals surface area contributed by atoms with Gasteiger partial charge in [-0.25, -0.2) is 9.36 Å². The number of nitrogens with zero attached hydrogens (tertiary/aromatic N) is 4. The number of thioether (sulfide) groups is 1. The van der Waals surface area contributed by atoms with Crippen LogP contribution in [0.15, 0.2) is 23.0 Å². The molecule has 2 fully saturated rings. The van der Waals surface area contributed by atoms with Crippen LogP contribution in [0.25, 0.3) is 5.82 Å². The zero-order valence-electron chi connectivity index (χ0n) is 15.5. The van der Waals surface area contributed by atoms with Crippen molar-refractivity contribution in [3.05, 3.63) is 39.9 Å². The second-order valence-corrected chi connectivity index (χ2v) is 8.70. The molecule has 1 atom stereocenters. The predicted molar refractivity (Wildman–Crippen MR) is 105 cm³/mol. The number of aromatic nitrogens is 4. The summed E-state index contributed by atoms with van der Waals surface area (Å²) in [6, 6.07) is 6.87. The predicted octanol–water partition coefficient (Wildman–Crippen LogP) is 2.62. The molecule has 2 aromatic heterocycles. The second kappa shape index (κ2) is 7.56. The van der Waals surface area contributed by atoms with Crippen molar-refractivity contribution in [1.82, 2.24) is 24.9 Å². The van der Waals surface area contributed by atoms with Crippen molar-refractivity contribution in [3.8, 4) is 5.82 Å². The minimum Gasteiger partial charge on any atom is -0.310 e. The normalized spacial score (nSPS) is 26.3. The summed E-state index contributed by atoms with van der Waals surface area (Å²) in [5.41, 5.74) is 1.97. The van der Waals surface area contributed by atoms with E-state index in [2.05, 4.69) is 15.5 Å². The maximum absolute atomic E-state index is 12.4. The zero-order chi connectivity index (χ0) is 18.1. The van der Waals surface area contributed by atoms with Gasteiger partial charge >= 0.3 is 0 Å². The highest BCUT2D eigenvalue weighted by Crippen LogP contribution is 2.28. The van der Waals surface area contributed by atoms with E-state index in [9.17, 15) is 4.79 Å². The lowest BCUT2D eigenvalue weighted by Crippen LogP contribution is -2.41. The smallest absolute Gasteiger partial charge is 0.267 e. The lowest BCUT2D eigenvalue weighted by molar-refractivity contribution is 0.259. The van der Waals surface area contributed by atoms with Gasteiger partial charge in [-0.05, 0) is 63.8 Å². The Hall–Kier alpha value is -1.60. The Balaban J connectivity index is 1.47. The first-order chi connectivity index (χ1) is 12.6. The van der Waals surface area contributed by atoms with E-state index in [0.717, 1.165) is 42.9 Å². The van der Waals surface area contributed by atoms with Crippen LogP contribution in [0.1, 0.15) is 49.5 Å². The lowest BCUT2D eigenvalue weighted by Gasteiger charge is -2.31. The third-order valence-corrected chi connectivity index (χ3v) is 6.64. The van der Waals surface area contributed by atoms with Gasteiger partial charge in [0, 0.05) is 29.6 Å². The van der Waals surface area contributed by atoms with Crippen molar-refractivity contribution in [1.29, 1.82) is 0 Å². The molecular weight excluding hydrogens is 346 g/mol. The quantitative estimate of drug-likeness (QED) is 0.892. The number of hydrogen-bond acceptors (Lipinski definition) is 5. The molecule has 1 aliphatic heterocycles. The summed E-state index contributed by atoms with van der Waals surface area (Å²) < 4.78 is 3.50. The molecule has 0 bridgehead atoms. The summed E-state index contributed by atoms with van der Waals surface area (Å²) in [6.45, 7) is 3.98. The fraction of sp³-hybridized carbons (Fsp3) is 0.632. The van der Waals surface area contributed by atoms with Crippen LogP contribution in [-0.2, 0) is 0 Å². The first-order valence-corrected chi connectivity index (χ1v) is 10.7. The van der Waals surface area contributed by atoms with Gasteiger partial charge in [-0.3, -0.25) is 4.79 Å². The number of nitrogens with one attached hydrogen (secondary N) is 1. The van der Waals surface area contributed by atoms with E-state index in [0.29, 0.717) is 12.1 Å². The molecule has 2 aromatic rings. The highest BCUT2D eigenvalue weighted by Gasteiger charge is 2.26. The van der Waals surface area contributed by atoms with Crippen LogP contribution < -0.4 is 10.9 Å². The molecule has 6 nitrogen and oxygen atoms in total. The van der Waals surface area contributed by atoms with Crippen molar-refractivity contribution < 1.29 is 0 Å². The van der Waals surface area contributed by atoms with Crippen LogP contribution >= 0.6 is 11.8 Å². The van der Waals surface area contributed by atoms with Crippen LogP contribution in [-0.4, -0.2) is 43.2 Å². The maximum Gasteiger partial charge on any atom is 0.267 e. The van der Waals surface area contributed by atoms with E-state index in [1.807, 2.05) is 36.4 Å². The summed E-state index contributed by atoms with van der Waals surface area (Å²) in [6.07, 6.45) is 5.53. The van der Waals surface area contributed by atoms with Crippen molar-refractivity contribution >= 4 is 11.8 Å². The van der Waals surface area contributed by atoms with Crippen molar-refractivity contribution in [2.24, 2.45) is 0 Å². The maximum atomic E-state index is 12.4. The molecule has 3 heterocycles. The fourth-order valence-corrected chi connectivity index (χ4v) is 5.30. The van der Waals surface area contributed by atoms with Gasteiger partial charge in [0.15, 0.2) is 5.82 Å². The Kier molecular flexibility index (Phi) is 5.18. The molecule has 1 unspecified atom stereocenters. The molecule has 2 aliphatic rings. The molecule has 0 spiro atoms. The molecule has 4 rings (SSSR count). The van der Waals surface area contributed by atoms with Gasteiger partial charge < -0.3 is 5.32 Å². The van der Waals surface area contributed by atoms with E-state index < -0.39 is 0 Å². The largest absolute Gasteiger partial charge is 0.310 e. The molecule has 1 aliphatic carbocycles. The monoisotopic (exact) mass is 373 g/mol. The average Bonchev–Trinajstić information content (AvgIpc) is 3.25. The first kappa shape index (κ1) is 17.8. The molecular formula is C19H27N5OS. The average molecular weight is 374 g/mol. The summed E-state index contributed by atoms with van der Waals surface area (Å²) in [5.74, 6) is 3.25. The molecule has 140 valence electrons. The van der Waals surface area contributed by atoms with E-state index in [4.69, 9.17) is 0 Å². The van der Waals surface area contributed by atoms with E-state index >= 15 is 0 Å². The third kappa shape index (κ3) is 3.74. The van der Waals surface area contributed by atoms with Crippen LogP contribution in [0.3, 0.4) is 0 Å². The minimum absolute atomic E-state index is 0.0149. The van der Waals surface area contributed by atoms with Gasteiger partial charge in [-0.1, -0.05) is 0 Å². The van der Waals surface area contributed by atoms with Crippen molar-refractivity contribution in [2.75, 3.05) is 11.5 Å². The molecule has 1 saturated heterocycles. The SMILES string of the molecule is Cc1cc(C)n(-c2ccc(=O)n(C3CCC(NC4CCSC4)CC3)n2)n1. The molecule has 1 saturated carbocycles. The molecule has 0 aromatic carbocycles.